The van der Waals surface area contributed by atoms with E-state index in [1.165, 1.54) is 0 Å². The molecule has 0 aliphatic carbocycles. The molecule has 0 bridgehead atoms. The van der Waals surface area contributed by atoms with Crippen molar-refractivity contribution in [2.45, 2.75) is 32.9 Å². The van der Waals surface area contributed by atoms with Crippen LogP contribution in [0.3, 0.4) is 0 Å². The third-order valence-electron chi connectivity index (χ3n) is 3.17. The Balaban J connectivity index is 2.24. The highest BCUT2D eigenvalue weighted by Crippen LogP contribution is 2.27. The van der Waals surface area contributed by atoms with Crippen LogP contribution in [0.1, 0.15) is 36.1 Å². The van der Waals surface area contributed by atoms with Gasteiger partial charge in [-0.2, -0.15) is 5.10 Å². The molecule has 1 aromatic carbocycles. The monoisotopic (exact) mass is 260 g/mol. The van der Waals surface area contributed by atoms with Crippen molar-refractivity contribution in [3.05, 3.63) is 47.3 Å². The third kappa shape index (κ3) is 2.96. The minimum atomic E-state index is -0.667. The topological polar surface area (TPSA) is 47.3 Å². The van der Waals surface area contributed by atoms with Gasteiger partial charge in [0.05, 0.1) is 13.3 Å². The molecule has 1 aromatic heterocycles. The van der Waals surface area contributed by atoms with Gasteiger partial charge < -0.3 is 9.84 Å². The number of rotatable bonds is 5. The van der Waals surface area contributed by atoms with E-state index in [0.29, 0.717) is 0 Å². The molecule has 2 rings (SSSR count). The number of aliphatic hydroxyl groups is 1. The number of hydrogen-bond donors (Lipinski definition) is 1. The lowest BCUT2D eigenvalue weighted by atomic mass is 10.0. The lowest BCUT2D eigenvalue weighted by Gasteiger charge is -2.12. The fraction of sp³-hybridized carbons (Fsp3) is 0.400. The summed E-state index contributed by atoms with van der Waals surface area (Å²) in [4.78, 5) is 0. The average molecular weight is 260 g/mol. The first-order valence-electron chi connectivity index (χ1n) is 6.50. The Morgan fingerprint density at radius 3 is 2.84 bits per heavy atom. The largest absolute Gasteiger partial charge is 0.496 e. The summed E-state index contributed by atoms with van der Waals surface area (Å²) in [5.74, 6) is 0.789. The van der Waals surface area contributed by atoms with E-state index in [-0.39, 0.29) is 0 Å². The molecule has 1 heterocycles. The first-order chi connectivity index (χ1) is 9.15. The van der Waals surface area contributed by atoms with Gasteiger partial charge in [-0.05, 0) is 30.5 Å². The fourth-order valence-corrected chi connectivity index (χ4v) is 2.07. The van der Waals surface area contributed by atoms with Gasteiger partial charge >= 0.3 is 0 Å². The van der Waals surface area contributed by atoms with Crippen LogP contribution >= 0.6 is 0 Å². The molecule has 102 valence electrons. The van der Waals surface area contributed by atoms with Gasteiger partial charge in [-0.25, -0.2) is 0 Å². The van der Waals surface area contributed by atoms with Gasteiger partial charge in [0.25, 0.3) is 0 Å². The maximum Gasteiger partial charge on any atom is 0.122 e. The van der Waals surface area contributed by atoms with Crippen LogP contribution in [0.4, 0.5) is 0 Å². The second-order valence-electron chi connectivity index (χ2n) is 4.67. The fourth-order valence-electron chi connectivity index (χ4n) is 2.07. The summed E-state index contributed by atoms with van der Waals surface area (Å²) < 4.78 is 7.13. The SMILES string of the molecule is CCCn1cc(C(O)c2ccc(C)c(OC)c2)cn1. The Labute approximate surface area is 113 Å². The van der Waals surface area contributed by atoms with Gasteiger partial charge in [0.2, 0.25) is 0 Å². The van der Waals surface area contributed by atoms with E-state index in [1.54, 1.807) is 13.3 Å². The molecule has 0 spiro atoms. The number of methoxy groups -OCH3 is 1. The molecule has 0 aliphatic heterocycles. The van der Waals surface area contributed by atoms with Crippen LogP contribution in [0.2, 0.25) is 0 Å². The number of ether oxygens (including phenoxy) is 1. The number of aliphatic hydroxyl groups excluding tert-OH is 1. The van der Waals surface area contributed by atoms with Crippen LogP contribution in [0.25, 0.3) is 0 Å². The number of hydrogen-bond acceptors (Lipinski definition) is 3. The van der Waals surface area contributed by atoms with E-state index >= 15 is 0 Å². The second kappa shape index (κ2) is 5.89. The summed E-state index contributed by atoms with van der Waals surface area (Å²) in [7, 11) is 1.64. The molecule has 19 heavy (non-hydrogen) atoms. The predicted octanol–water partition coefficient (Wildman–Crippen LogP) is 2.69. The summed E-state index contributed by atoms with van der Waals surface area (Å²) in [6.45, 7) is 4.95. The van der Waals surface area contributed by atoms with Crippen molar-refractivity contribution in [1.82, 2.24) is 9.78 Å². The molecule has 4 heteroatoms. The summed E-state index contributed by atoms with van der Waals surface area (Å²) in [5.41, 5.74) is 2.68. The highest BCUT2D eigenvalue weighted by atomic mass is 16.5. The second-order valence-corrected chi connectivity index (χ2v) is 4.67. The van der Waals surface area contributed by atoms with E-state index in [1.807, 2.05) is 36.0 Å². The maximum atomic E-state index is 10.4. The van der Waals surface area contributed by atoms with Crippen molar-refractivity contribution in [3.8, 4) is 5.75 Å². The zero-order chi connectivity index (χ0) is 13.8. The lowest BCUT2D eigenvalue weighted by Crippen LogP contribution is -2.00. The van der Waals surface area contributed by atoms with Gasteiger partial charge in [0.1, 0.15) is 11.9 Å². The molecule has 0 fully saturated rings. The van der Waals surface area contributed by atoms with E-state index < -0.39 is 6.10 Å². The smallest absolute Gasteiger partial charge is 0.122 e. The Hall–Kier alpha value is -1.81. The van der Waals surface area contributed by atoms with E-state index in [2.05, 4.69) is 12.0 Å². The minimum absolute atomic E-state index is 0.667. The maximum absolute atomic E-state index is 10.4. The molecule has 1 N–H and O–H groups in total. The van der Waals surface area contributed by atoms with Crippen molar-refractivity contribution in [2.24, 2.45) is 0 Å². The standard InChI is InChI=1S/C15H20N2O2/c1-4-7-17-10-13(9-16-17)15(18)12-6-5-11(2)14(8-12)19-3/h5-6,8-10,15,18H,4,7H2,1-3H3. The summed E-state index contributed by atoms with van der Waals surface area (Å²) in [5, 5.41) is 14.6. The Morgan fingerprint density at radius 2 is 2.16 bits per heavy atom. The van der Waals surface area contributed by atoms with Gasteiger partial charge in [0.15, 0.2) is 0 Å². The first-order valence-corrected chi connectivity index (χ1v) is 6.50. The number of benzene rings is 1. The molecular weight excluding hydrogens is 240 g/mol. The van der Waals surface area contributed by atoms with E-state index in [4.69, 9.17) is 4.74 Å². The average Bonchev–Trinajstić information content (AvgIpc) is 2.87. The molecule has 0 saturated heterocycles. The van der Waals surface area contributed by atoms with Gasteiger partial charge in [-0.1, -0.05) is 19.1 Å². The highest BCUT2D eigenvalue weighted by molar-refractivity contribution is 5.39. The van der Waals surface area contributed by atoms with Crippen molar-refractivity contribution in [1.29, 1.82) is 0 Å². The Morgan fingerprint density at radius 1 is 1.37 bits per heavy atom. The van der Waals surface area contributed by atoms with Crippen LogP contribution < -0.4 is 4.74 Å². The number of aromatic nitrogens is 2. The first kappa shape index (κ1) is 13.6. The molecule has 0 amide bonds. The van der Waals surface area contributed by atoms with Crippen LogP contribution in [0.5, 0.6) is 5.75 Å². The zero-order valence-electron chi connectivity index (χ0n) is 11.6. The van der Waals surface area contributed by atoms with Crippen LogP contribution in [0, 0.1) is 6.92 Å². The highest BCUT2D eigenvalue weighted by Gasteiger charge is 2.14. The molecule has 0 aliphatic rings. The van der Waals surface area contributed by atoms with Gasteiger partial charge in [0, 0.05) is 18.3 Å². The predicted molar refractivity (Wildman–Crippen MR) is 74.3 cm³/mol. The summed E-state index contributed by atoms with van der Waals surface area (Å²) in [6.07, 6.45) is 3.96. The molecule has 1 unspecified atom stereocenters. The Bertz CT molecular complexity index is 549. The molecular formula is C15H20N2O2. The lowest BCUT2D eigenvalue weighted by molar-refractivity contribution is 0.219. The molecule has 4 nitrogen and oxygen atoms in total. The zero-order valence-corrected chi connectivity index (χ0v) is 11.6. The summed E-state index contributed by atoms with van der Waals surface area (Å²) >= 11 is 0. The normalized spacial score (nSPS) is 12.4. The summed E-state index contributed by atoms with van der Waals surface area (Å²) in [6, 6.07) is 5.74. The molecule has 0 saturated carbocycles. The molecule has 1 atom stereocenters. The molecule has 2 aromatic rings. The van der Waals surface area contributed by atoms with Crippen LogP contribution in [-0.2, 0) is 6.54 Å². The van der Waals surface area contributed by atoms with Crippen molar-refractivity contribution < 1.29 is 9.84 Å². The minimum Gasteiger partial charge on any atom is -0.496 e. The van der Waals surface area contributed by atoms with Crippen molar-refractivity contribution in [3.63, 3.8) is 0 Å². The Kier molecular flexibility index (Phi) is 4.22. The van der Waals surface area contributed by atoms with Crippen LogP contribution in [0.15, 0.2) is 30.6 Å². The van der Waals surface area contributed by atoms with E-state index in [0.717, 1.165) is 35.4 Å². The quantitative estimate of drug-likeness (QED) is 0.899. The number of aryl methyl sites for hydroxylation is 2. The van der Waals surface area contributed by atoms with Crippen LogP contribution in [-0.4, -0.2) is 22.0 Å². The van der Waals surface area contributed by atoms with Crippen molar-refractivity contribution in [2.75, 3.05) is 7.11 Å². The third-order valence-corrected chi connectivity index (χ3v) is 3.17. The number of nitrogens with zero attached hydrogens (tertiary/aromatic N) is 2. The van der Waals surface area contributed by atoms with Crippen molar-refractivity contribution >= 4 is 0 Å². The van der Waals surface area contributed by atoms with E-state index in [9.17, 15) is 5.11 Å². The molecule has 0 radical (unpaired) electrons. The van der Waals surface area contributed by atoms with Gasteiger partial charge in [-0.3, -0.25) is 4.68 Å². The van der Waals surface area contributed by atoms with Gasteiger partial charge in [-0.15, -0.1) is 0 Å².